The summed E-state index contributed by atoms with van der Waals surface area (Å²) in [5.41, 5.74) is 3.10. The quantitative estimate of drug-likeness (QED) is 0.152. The molecule has 3 nitrogen and oxygen atoms in total. The third kappa shape index (κ3) is 4.90. The third-order valence-electron chi connectivity index (χ3n) is 6.18. The summed E-state index contributed by atoms with van der Waals surface area (Å²) < 4.78 is 54.3. The van der Waals surface area contributed by atoms with E-state index in [1.54, 1.807) is 36.4 Å². The predicted molar refractivity (Wildman–Crippen MR) is 131 cm³/mol. The molecule has 182 valence electrons. The lowest BCUT2D eigenvalue weighted by molar-refractivity contribution is 0.0728. The van der Waals surface area contributed by atoms with Crippen molar-refractivity contribution >= 4 is 5.97 Å². The molecule has 0 aromatic heterocycles. The lowest BCUT2D eigenvalue weighted by atomic mass is 10.00. The van der Waals surface area contributed by atoms with E-state index >= 15 is 0 Å². The van der Waals surface area contributed by atoms with Crippen LogP contribution in [0.5, 0.6) is 5.75 Å². The Morgan fingerprint density at radius 3 is 2.17 bits per heavy atom. The van der Waals surface area contributed by atoms with Crippen molar-refractivity contribution in [1.29, 1.82) is 0 Å². The first-order chi connectivity index (χ1) is 17.4. The van der Waals surface area contributed by atoms with Gasteiger partial charge in [-0.15, -0.1) is 0 Å². The van der Waals surface area contributed by atoms with Crippen LogP contribution in [0.1, 0.15) is 40.9 Å². The first-order valence-corrected chi connectivity index (χ1v) is 11.8. The molecule has 0 spiro atoms. The largest absolute Gasteiger partial charge is 0.423 e. The SMILES string of the molecule is CCCc1ccc(-c2ccc(C(=O)Oc3ccc(-c4ccc(C5CO5)c(F)c4)cc3)c(F)c2F)cc1. The predicted octanol–water partition coefficient (Wildman–Crippen LogP) is 7.68. The average Bonchev–Trinajstić information content (AvgIpc) is 3.72. The summed E-state index contributed by atoms with van der Waals surface area (Å²) in [5, 5.41) is 0. The molecule has 4 aromatic carbocycles. The Bertz CT molecular complexity index is 1410. The van der Waals surface area contributed by atoms with Crippen LogP contribution in [0.4, 0.5) is 13.2 Å². The molecule has 6 heteroatoms. The molecule has 1 fully saturated rings. The van der Waals surface area contributed by atoms with Crippen LogP contribution >= 0.6 is 0 Å². The molecular weight excluding hydrogens is 465 g/mol. The average molecular weight is 489 g/mol. The van der Waals surface area contributed by atoms with E-state index < -0.39 is 23.2 Å². The minimum absolute atomic E-state index is 0.0722. The number of hydrogen-bond donors (Lipinski definition) is 0. The van der Waals surface area contributed by atoms with E-state index in [4.69, 9.17) is 9.47 Å². The van der Waals surface area contributed by atoms with Gasteiger partial charge in [0.25, 0.3) is 0 Å². The smallest absolute Gasteiger partial charge is 0.346 e. The Kier molecular flexibility index (Phi) is 6.61. The number of aryl methyl sites for hydroxylation is 1. The van der Waals surface area contributed by atoms with Gasteiger partial charge in [-0.1, -0.05) is 67.9 Å². The Hall–Kier alpha value is -3.90. The zero-order valence-corrected chi connectivity index (χ0v) is 19.6. The number of epoxide rings is 1. The van der Waals surface area contributed by atoms with Gasteiger partial charge in [-0.2, -0.15) is 0 Å². The lowest BCUT2D eigenvalue weighted by Crippen LogP contribution is -2.12. The van der Waals surface area contributed by atoms with E-state index in [2.05, 4.69) is 6.92 Å². The van der Waals surface area contributed by atoms with Gasteiger partial charge in [0.2, 0.25) is 0 Å². The molecule has 1 aliphatic heterocycles. The molecule has 0 amide bonds. The maximum absolute atomic E-state index is 14.8. The number of hydrogen-bond acceptors (Lipinski definition) is 3. The van der Waals surface area contributed by atoms with Crippen molar-refractivity contribution in [3.8, 4) is 28.0 Å². The number of halogens is 3. The van der Waals surface area contributed by atoms with E-state index in [0.29, 0.717) is 28.9 Å². The minimum atomic E-state index is -1.26. The Balaban J connectivity index is 1.30. The van der Waals surface area contributed by atoms with Crippen molar-refractivity contribution in [2.24, 2.45) is 0 Å². The second kappa shape index (κ2) is 9.99. The molecule has 1 saturated heterocycles. The van der Waals surface area contributed by atoms with Crippen LogP contribution in [-0.4, -0.2) is 12.6 Å². The first-order valence-electron chi connectivity index (χ1n) is 11.8. The highest BCUT2D eigenvalue weighted by atomic mass is 19.2. The van der Waals surface area contributed by atoms with E-state index in [1.807, 2.05) is 12.1 Å². The van der Waals surface area contributed by atoms with E-state index in [9.17, 15) is 18.0 Å². The molecule has 0 saturated carbocycles. The summed E-state index contributed by atoms with van der Waals surface area (Å²) in [6.07, 6.45) is 1.72. The molecule has 1 unspecified atom stereocenters. The first kappa shape index (κ1) is 23.8. The van der Waals surface area contributed by atoms with Crippen LogP contribution in [0.3, 0.4) is 0 Å². The molecule has 0 N–H and O–H groups in total. The lowest BCUT2D eigenvalue weighted by Gasteiger charge is -2.10. The molecule has 5 rings (SSSR count). The molecule has 0 bridgehead atoms. The fourth-order valence-corrected chi connectivity index (χ4v) is 4.14. The summed E-state index contributed by atoms with van der Waals surface area (Å²) in [6.45, 7) is 2.59. The highest BCUT2D eigenvalue weighted by molar-refractivity contribution is 5.92. The maximum atomic E-state index is 14.8. The number of carbonyl (C=O) groups is 1. The van der Waals surface area contributed by atoms with Gasteiger partial charge in [-0.25, -0.2) is 18.0 Å². The van der Waals surface area contributed by atoms with Crippen molar-refractivity contribution in [3.63, 3.8) is 0 Å². The van der Waals surface area contributed by atoms with Crippen molar-refractivity contribution in [1.82, 2.24) is 0 Å². The second-order valence-corrected chi connectivity index (χ2v) is 8.71. The van der Waals surface area contributed by atoms with E-state index in [1.165, 1.54) is 30.3 Å². The Morgan fingerprint density at radius 2 is 1.53 bits per heavy atom. The second-order valence-electron chi connectivity index (χ2n) is 8.71. The van der Waals surface area contributed by atoms with Crippen molar-refractivity contribution in [2.45, 2.75) is 25.9 Å². The van der Waals surface area contributed by atoms with Crippen LogP contribution in [0.2, 0.25) is 0 Å². The van der Waals surface area contributed by atoms with Gasteiger partial charge in [0.15, 0.2) is 11.6 Å². The molecule has 0 aliphatic carbocycles. The fourth-order valence-electron chi connectivity index (χ4n) is 4.14. The van der Waals surface area contributed by atoms with Crippen LogP contribution in [0.25, 0.3) is 22.3 Å². The summed E-state index contributed by atoms with van der Waals surface area (Å²) in [7, 11) is 0. The van der Waals surface area contributed by atoms with Crippen LogP contribution in [0, 0.1) is 17.5 Å². The molecule has 4 aromatic rings. The van der Waals surface area contributed by atoms with Crippen molar-refractivity contribution in [3.05, 3.63) is 113 Å². The van der Waals surface area contributed by atoms with Gasteiger partial charge in [-0.3, -0.25) is 0 Å². The van der Waals surface area contributed by atoms with Crippen LogP contribution < -0.4 is 4.74 Å². The Morgan fingerprint density at radius 1 is 0.861 bits per heavy atom. The van der Waals surface area contributed by atoms with Crippen molar-refractivity contribution < 1.29 is 27.4 Å². The summed E-state index contributed by atoms with van der Waals surface area (Å²) >= 11 is 0. The minimum Gasteiger partial charge on any atom is -0.423 e. The zero-order valence-electron chi connectivity index (χ0n) is 19.6. The molecular formula is C30H23F3O3. The van der Waals surface area contributed by atoms with Gasteiger partial charge in [0.1, 0.15) is 17.7 Å². The van der Waals surface area contributed by atoms with Crippen molar-refractivity contribution in [2.75, 3.05) is 6.61 Å². The number of rotatable bonds is 7. The normalized spacial score (nSPS) is 14.5. The molecule has 36 heavy (non-hydrogen) atoms. The highest BCUT2D eigenvalue weighted by Gasteiger charge is 2.28. The van der Waals surface area contributed by atoms with Gasteiger partial charge in [-0.05, 0) is 52.9 Å². The fraction of sp³-hybridized carbons (Fsp3) is 0.167. The van der Waals surface area contributed by atoms with E-state index in [-0.39, 0.29) is 23.2 Å². The van der Waals surface area contributed by atoms with Gasteiger partial charge < -0.3 is 9.47 Å². The Labute approximate surface area is 207 Å². The number of ether oxygens (including phenoxy) is 2. The topological polar surface area (TPSA) is 38.8 Å². The van der Waals surface area contributed by atoms with Gasteiger partial charge >= 0.3 is 5.97 Å². The van der Waals surface area contributed by atoms with Crippen LogP contribution in [0.15, 0.2) is 78.9 Å². The van der Waals surface area contributed by atoms with Gasteiger partial charge in [0.05, 0.1) is 12.2 Å². The standard InChI is InChI=1S/C30H23F3O3/c1-2-3-18-4-6-20(7-5-18)23-14-15-25(29(33)28(23)32)30(34)36-22-11-8-19(9-12-22)21-10-13-24(26(31)16-21)27-17-35-27/h4-16,27H,2-3,17H2,1H3. The molecule has 1 aliphatic rings. The molecule has 0 radical (unpaired) electrons. The summed E-state index contributed by atoms with van der Waals surface area (Å²) in [4.78, 5) is 12.6. The zero-order chi connectivity index (χ0) is 25.2. The summed E-state index contributed by atoms with van der Waals surface area (Å²) in [6, 6.07) is 21.1. The maximum Gasteiger partial charge on any atom is 0.346 e. The number of benzene rings is 4. The molecule has 1 atom stereocenters. The molecule has 1 heterocycles. The third-order valence-corrected chi connectivity index (χ3v) is 6.18. The summed E-state index contributed by atoms with van der Waals surface area (Å²) in [5.74, 6) is -3.57. The van der Waals surface area contributed by atoms with Gasteiger partial charge in [0, 0.05) is 11.1 Å². The highest BCUT2D eigenvalue weighted by Crippen LogP contribution is 2.34. The van der Waals surface area contributed by atoms with E-state index in [0.717, 1.165) is 18.4 Å². The van der Waals surface area contributed by atoms with Crippen LogP contribution in [-0.2, 0) is 11.2 Å². The number of esters is 1. The monoisotopic (exact) mass is 488 g/mol. The number of carbonyl (C=O) groups excluding carboxylic acids is 1.